The molecule has 0 aliphatic heterocycles. The largest absolute Gasteiger partial charge is 0.394 e. The highest BCUT2D eigenvalue weighted by Crippen LogP contribution is 2.18. The smallest absolute Gasteiger partial charge is 0.220 e. The van der Waals surface area contributed by atoms with Gasteiger partial charge in [0.05, 0.1) is 18.8 Å². The van der Waals surface area contributed by atoms with Gasteiger partial charge in [-0.1, -0.05) is 282 Å². The quantitative estimate of drug-likeness (QED) is 0.0361. The van der Waals surface area contributed by atoms with Crippen LogP contribution in [0.2, 0.25) is 0 Å². The van der Waals surface area contributed by atoms with Gasteiger partial charge >= 0.3 is 0 Å². The number of hydrogen-bond donors (Lipinski definition) is 4. The number of rotatable bonds is 55. The van der Waals surface area contributed by atoms with Crippen LogP contribution in [0.25, 0.3) is 0 Å². The monoisotopic (exact) mass is 916 g/mol. The van der Waals surface area contributed by atoms with E-state index >= 15 is 0 Å². The van der Waals surface area contributed by atoms with E-state index in [1.165, 1.54) is 263 Å². The zero-order valence-electron chi connectivity index (χ0n) is 44.1. The Balaban J connectivity index is 3.53. The maximum Gasteiger partial charge on any atom is 0.220 e. The predicted octanol–water partition coefficient (Wildman–Crippen LogP) is 18.5. The number of allylic oxidation sites excluding steroid dienone is 4. The fraction of sp³-hybridized carbons (Fsp3) is 0.917. The molecule has 386 valence electrons. The molecular formula is C60H117NO4. The van der Waals surface area contributed by atoms with E-state index in [1.54, 1.807) is 0 Å². The lowest BCUT2D eigenvalue weighted by Gasteiger charge is -2.26. The molecular weight excluding hydrogens is 799 g/mol. The molecule has 0 bridgehead atoms. The molecule has 0 aromatic heterocycles. The van der Waals surface area contributed by atoms with Gasteiger partial charge in [-0.2, -0.15) is 0 Å². The molecule has 0 saturated heterocycles. The van der Waals surface area contributed by atoms with Crippen molar-refractivity contribution in [1.82, 2.24) is 5.32 Å². The standard InChI is InChI=1S/C60H117NO4/c1-3-5-7-9-11-13-15-17-19-21-23-25-26-27-28-29-30-31-32-33-35-37-39-41-43-45-47-49-51-53-55-59(64)61-57(56-62)60(65)58(63)54-52-50-48-46-44-42-40-38-36-34-24-22-20-18-16-14-12-10-8-6-4-2/h27-28,46,48,57-58,60,62-63,65H,3-26,29-45,47,49-56H2,1-2H3,(H,61,64)/b28-27-,48-46+. The van der Waals surface area contributed by atoms with Crippen molar-refractivity contribution in [3.05, 3.63) is 24.3 Å². The van der Waals surface area contributed by atoms with Crippen LogP contribution in [0.5, 0.6) is 0 Å². The van der Waals surface area contributed by atoms with E-state index in [1.807, 2.05) is 0 Å². The lowest BCUT2D eigenvalue weighted by atomic mass is 10.0. The first-order valence-corrected chi connectivity index (χ1v) is 29.6. The first-order chi connectivity index (χ1) is 32.1. The zero-order chi connectivity index (χ0) is 47.2. The van der Waals surface area contributed by atoms with Crippen LogP contribution in [0, 0.1) is 0 Å². The first-order valence-electron chi connectivity index (χ1n) is 29.6. The van der Waals surface area contributed by atoms with Crippen molar-refractivity contribution in [3.63, 3.8) is 0 Å². The minimum atomic E-state index is -1.16. The number of amides is 1. The maximum atomic E-state index is 12.5. The average molecular weight is 917 g/mol. The lowest BCUT2D eigenvalue weighted by molar-refractivity contribution is -0.124. The fourth-order valence-electron chi connectivity index (χ4n) is 9.46. The number of unbranched alkanes of at least 4 members (excludes halogenated alkanes) is 43. The van der Waals surface area contributed by atoms with E-state index in [2.05, 4.69) is 43.5 Å². The summed E-state index contributed by atoms with van der Waals surface area (Å²) in [6, 6.07) is -0.825. The van der Waals surface area contributed by atoms with Gasteiger partial charge in [0, 0.05) is 6.42 Å². The normalized spacial score (nSPS) is 13.4. The van der Waals surface area contributed by atoms with Crippen LogP contribution in [0.15, 0.2) is 24.3 Å². The Morgan fingerprint density at radius 3 is 0.892 bits per heavy atom. The molecule has 0 aromatic carbocycles. The summed E-state index contributed by atoms with van der Waals surface area (Å²) in [7, 11) is 0. The van der Waals surface area contributed by atoms with Gasteiger partial charge < -0.3 is 20.6 Å². The molecule has 3 atom stereocenters. The molecule has 0 spiro atoms. The van der Waals surface area contributed by atoms with E-state index in [9.17, 15) is 20.1 Å². The van der Waals surface area contributed by atoms with Gasteiger partial charge in [-0.25, -0.2) is 0 Å². The topological polar surface area (TPSA) is 89.8 Å². The second-order valence-electron chi connectivity index (χ2n) is 20.5. The van der Waals surface area contributed by atoms with Crippen LogP contribution < -0.4 is 5.32 Å². The van der Waals surface area contributed by atoms with Gasteiger partial charge in [-0.15, -0.1) is 0 Å². The second kappa shape index (κ2) is 55.4. The Kier molecular flexibility index (Phi) is 54.4. The van der Waals surface area contributed by atoms with Crippen molar-refractivity contribution in [1.29, 1.82) is 0 Å². The Labute approximate surface area is 407 Å². The Morgan fingerprint density at radius 1 is 0.369 bits per heavy atom. The zero-order valence-corrected chi connectivity index (χ0v) is 44.1. The third-order valence-electron chi connectivity index (χ3n) is 14.0. The first kappa shape index (κ1) is 63.8. The summed E-state index contributed by atoms with van der Waals surface area (Å²) in [5.74, 6) is -0.149. The van der Waals surface area contributed by atoms with Crippen LogP contribution in [-0.2, 0) is 4.79 Å². The van der Waals surface area contributed by atoms with Gasteiger partial charge in [-0.3, -0.25) is 4.79 Å². The van der Waals surface area contributed by atoms with Crippen LogP contribution in [0.3, 0.4) is 0 Å². The molecule has 0 radical (unpaired) electrons. The number of aliphatic hydroxyl groups is 3. The van der Waals surface area contributed by atoms with Crippen molar-refractivity contribution < 1.29 is 20.1 Å². The Hall–Kier alpha value is -1.17. The molecule has 0 aromatic rings. The molecule has 5 nitrogen and oxygen atoms in total. The summed E-state index contributed by atoms with van der Waals surface area (Å²) in [5, 5.41) is 33.8. The highest BCUT2D eigenvalue weighted by molar-refractivity contribution is 5.76. The van der Waals surface area contributed by atoms with Gasteiger partial charge in [0.15, 0.2) is 0 Å². The molecule has 4 N–H and O–H groups in total. The SMILES string of the molecule is CCCCCCCCCCCCCC/C=C\CCCCCCCCCCCCCCCCC(=O)NC(CO)C(O)C(O)CCC/C=C/CCCCCCCCCCCCCCCCCC. The lowest BCUT2D eigenvalue weighted by Crippen LogP contribution is -2.50. The van der Waals surface area contributed by atoms with E-state index in [4.69, 9.17) is 0 Å². The number of aliphatic hydroxyl groups excluding tert-OH is 3. The van der Waals surface area contributed by atoms with Gasteiger partial charge in [0.2, 0.25) is 5.91 Å². The molecule has 5 heteroatoms. The molecule has 0 rings (SSSR count). The molecule has 0 saturated carbocycles. The molecule has 0 heterocycles. The third-order valence-corrected chi connectivity index (χ3v) is 14.0. The molecule has 65 heavy (non-hydrogen) atoms. The fourth-order valence-corrected chi connectivity index (χ4v) is 9.46. The summed E-state index contributed by atoms with van der Waals surface area (Å²) in [4.78, 5) is 12.5. The molecule has 0 aliphatic carbocycles. The van der Waals surface area contributed by atoms with Crippen molar-refractivity contribution in [3.8, 4) is 0 Å². The van der Waals surface area contributed by atoms with Crippen LogP contribution in [-0.4, -0.2) is 46.1 Å². The van der Waals surface area contributed by atoms with E-state index < -0.39 is 18.2 Å². The van der Waals surface area contributed by atoms with E-state index in [-0.39, 0.29) is 12.5 Å². The predicted molar refractivity (Wildman–Crippen MR) is 287 cm³/mol. The summed E-state index contributed by atoms with van der Waals surface area (Å²) in [5.41, 5.74) is 0. The summed E-state index contributed by atoms with van der Waals surface area (Å²) >= 11 is 0. The number of hydrogen-bond acceptors (Lipinski definition) is 4. The van der Waals surface area contributed by atoms with Crippen LogP contribution in [0.1, 0.15) is 328 Å². The average Bonchev–Trinajstić information content (AvgIpc) is 3.31. The molecule has 0 fully saturated rings. The van der Waals surface area contributed by atoms with Crippen molar-refractivity contribution in [2.75, 3.05) is 6.61 Å². The van der Waals surface area contributed by atoms with E-state index in [0.717, 1.165) is 38.5 Å². The minimum absolute atomic E-state index is 0.149. The van der Waals surface area contributed by atoms with Crippen molar-refractivity contribution in [2.24, 2.45) is 0 Å². The van der Waals surface area contributed by atoms with Gasteiger partial charge in [0.25, 0.3) is 0 Å². The molecule has 1 amide bonds. The van der Waals surface area contributed by atoms with Gasteiger partial charge in [0.1, 0.15) is 6.10 Å². The minimum Gasteiger partial charge on any atom is -0.394 e. The summed E-state index contributed by atoms with van der Waals surface area (Å²) in [6.07, 6.45) is 70.6. The number of carbonyl (C=O) groups excluding carboxylic acids is 1. The maximum absolute atomic E-state index is 12.5. The van der Waals surface area contributed by atoms with Crippen LogP contribution >= 0.6 is 0 Å². The second-order valence-corrected chi connectivity index (χ2v) is 20.5. The Morgan fingerprint density at radius 2 is 0.615 bits per heavy atom. The van der Waals surface area contributed by atoms with Gasteiger partial charge in [-0.05, 0) is 64.2 Å². The summed E-state index contributed by atoms with van der Waals surface area (Å²) < 4.78 is 0. The highest BCUT2D eigenvalue weighted by atomic mass is 16.3. The van der Waals surface area contributed by atoms with Crippen molar-refractivity contribution >= 4 is 5.91 Å². The van der Waals surface area contributed by atoms with E-state index in [0.29, 0.717) is 12.8 Å². The molecule has 3 unspecified atom stereocenters. The third kappa shape index (κ3) is 50.5. The number of nitrogens with one attached hydrogen (secondary N) is 1. The van der Waals surface area contributed by atoms with Crippen LogP contribution in [0.4, 0.5) is 0 Å². The Bertz CT molecular complexity index is 967. The molecule has 0 aliphatic rings. The summed E-state index contributed by atoms with van der Waals surface area (Å²) in [6.45, 7) is 4.21. The van der Waals surface area contributed by atoms with Crippen molar-refractivity contribution in [2.45, 2.75) is 347 Å². The number of carbonyl (C=O) groups is 1. The highest BCUT2D eigenvalue weighted by Gasteiger charge is 2.26.